The third-order valence-electron chi connectivity index (χ3n) is 3.28. The predicted molar refractivity (Wildman–Crippen MR) is 89.9 cm³/mol. The molecule has 0 fully saturated rings. The molecule has 1 aromatic heterocycles. The summed E-state index contributed by atoms with van der Waals surface area (Å²) in [6.45, 7) is 2.00. The highest BCUT2D eigenvalue weighted by atomic mass is 16.5. The second kappa shape index (κ2) is 6.75. The van der Waals surface area contributed by atoms with E-state index >= 15 is 0 Å². The van der Waals surface area contributed by atoms with Crippen molar-refractivity contribution in [2.75, 3.05) is 5.32 Å². The molecule has 0 aliphatic heterocycles. The standard InChI is InChI=1S/C19H16N2O2/c1-14-9-11-15(12-10-14)21-18(22)17-8-5-13-20-19(17)23-16-6-3-2-4-7-16/h2-13H,1H3,(H,21,22). The maximum Gasteiger partial charge on any atom is 0.261 e. The second-order valence-electron chi connectivity index (χ2n) is 5.09. The van der Waals surface area contributed by atoms with Crippen LogP contribution in [0.3, 0.4) is 0 Å². The molecule has 1 heterocycles. The van der Waals surface area contributed by atoms with E-state index < -0.39 is 0 Å². The van der Waals surface area contributed by atoms with Gasteiger partial charge < -0.3 is 10.1 Å². The first-order valence-electron chi connectivity index (χ1n) is 7.28. The van der Waals surface area contributed by atoms with E-state index in [2.05, 4.69) is 10.3 Å². The fourth-order valence-electron chi connectivity index (χ4n) is 2.08. The molecule has 0 saturated heterocycles. The summed E-state index contributed by atoms with van der Waals surface area (Å²) in [5.41, 5.74) is 2.25. The lowest BCUT2D eigenvalue weighted by Crippen LogP contribution is -2.13. The van der Waals surface area contributed by atoms with Gasteiger partial charge in [-0.15, -0.1) is 0 Å². The Bertz CT molecular complexity index is 799. The van der Waals surface area contributed by atoms with Crippen molar-refractivity contribution in [3.63, 3.8) is 0 Å². The Morgan fingerprint density at radius 2 is 1.70 bits per heavy atom. The highest BCUT2D eigenvalue weighted by Crippen LogP contribution is 2.23. The second-order valence-corrected chi connectivity index (χ2v) is 5.09. The number of hydrogen-bond donors (Lipinski definition) is 1. The lowest BCUT2D eigenvalue weighted by atomic mass is 10.2. The lowest BCUT2D eigenvalue weighted by Gasteiger charge is -2.10. The molecule has 0 atom stereocenters. The van der Waals surface area contributed by atoms with Crippen LogP contribution in [0.25, 0.3) is 0 Å². The normalized spacial score (nSPS) is 10.1. The van der Waals surface area contributed by atoms with E-state index in [1.54, 1.807) is 18.3 Å². The van der Waals surface area contributed by atoms with Gasteiger partial charge in [0.05, 0.1) is 0 Å². The van der Waals surface area contributed by atoms with Crippen LogP contribution in [-0.2, 0) is 0 Å². The molecule has 3 aromatic rings. The van der Waals surface area contributed by atoms with Crippen LogP contribution in [0.2, 0.25) is 0 Å². The quantitative estimate of drug-likeness (QED) is 0.775. The highest BCUT2D eigenvalue weighted by Gasteiger charge is 2.14. The number of nitrogens with zero attached hydrogens (tertiary/aromatic N) is 1. The van der Waals surface area contributed by atoms with E-state index in [9.17, 15) is 4.79 Å². The number of carbonyl (C=O) groups is 1. The Morgan fingerprint density at radius 1 is 0.957 bits per heavy atom. The number of carbonyl (C=O) groups excluding carboxylic acids is 1. The van der Waals surface area contributed by atoms with Gasteiger partial charge in [0, 0.05) is 11.9 Å². The van der Waals surface area contributed by atoms with Crippen LogP contribution in [0, 0.1) is 6.92 Å². The van der Waals surface area contributed by atoms with E-state index in [1.165, 1.54) is 0 Å². The molecule has 4 nitrogen and oxygen atoms in total. The maximum absolute atomic E-state index is 12.5. The molecular formula is C19H16N2O2. The molecule has 3 rings (SSSR count). The maximum atomic E-state index is 12.5. The monoisotopic (exact) mass is 304 g/mol. The summed E-state index contributed by atoms with van der Waals surface area (Å²) in [5.74, 6) is 0.659. The van der Waals surface area contributed by atoms with Crippen molar-refractivity contribution >= 4 is 11.6 Å². The number of rotatable bonds is 4. The summed E-state index contributed by atoms with van der Waals surface area (Å²) < 4.78 is 5.72. The molecule has 23 heavy (non-hydrogen) atoms. The minimum absolute atomic E-state index is 0.257. The predicted octanol–water partition coefficient (Wildman–Crippen LogP) is 4.43. The molecule has 1 amide bonds. The van der Waals surface area contributed by atoms with E-state index in [0.717, 1.165) is 11.3 Å². The highest BCUT2D eigenvalue weighted by molar-refractivity contribution is 6.05. The van der Waals surface area contributed by atoms with Crippen molar-refractivity contribution in [2.24, 2.45) is 0 Å². The summed E-state index contributed by atoms with van der Waals surface area (Å²) in [6, 6.07) is 20.3. The molecule has 0 aliphatic rings. The zero-order valence-corrected chi connectivity index (χ0v) is 12.7. The Labute approximate surface area is 134 Å². The van der Waals surface area contributed by atoms with Crippen molar-refractivity contribution in [2.45, 2.75) is 6.92 Å². The summed E-state index contributed by atoms with van der Waals surface area (Å²) in [5, 5.41) is 2.85. The molecule has 0 radical (unpaired) electrons. The Balaban J connectivity index is 1.82. The van der Waals surface area contributed by atoms with Crippen LogP contribution in [0.1, 0.15) is 15.9 Å². The first kappa shape index (κ1) is 14.8. The van der Waals surface area contributed by atoms with Crippen molar-refractivity contribution in [1.82, 2.24) is 4.98 Å². The third-order valence-corrected chi connectivity index (χ3v) is 3.28. The average Bonchev–Trinajstić information content (AvgIpc) is 2.58. The van der Waals surface area contributed by atoms with Crippen molar-refractivity contribution in [3.05, 3.63) is 84.1 Å². The zero-order valence-electron chi connectivity index (χ0n) is 12.7. The number of anilines is 1. The number of nitrogens with one attached hydrogen (secondary N) is 1. The van der Waals surface area contributed by atoms with Crippen LogP contribution < -0.4 is 10.1 Å². The van der Waals surface area contributed by atoms with Crippen molar-refractivity contribution < 1.29 is 9.53 Å². The number of amides is 1. The molecule has 0 aliphatic carbocycles. The van der Waals surface area contributed by atoms with Gasteiger partial charge in [0.2, 0.25) is 5.88 Å². The molecule has 2 aromatic carbocycles. The summed E-state index contributed by atoms with van der Waals surface area (Å²) in [7, 11) is 0. The molecule has 0 unspecified atom stereocenters. The Morgan fingerprint density at radius 3 is 2.43 bits per heavy atom. The molecule has 0 saturated carbocycles. The van der Waals surface area contributed by atoms with Crippen molar-refractivity contribution in [1.29, 1.82) is 0 Å². The van der Waals surface area contributed by atoms with Gasteiger partial charge in [-0.25, -0.2) is 4.98 Å². The largest absolute Gasteiger partial charge is 0.438 e. The Hall–Kier alpha value is -3.14. The van der Waals surface area contributed by atoms with Gasteiger partial charge in [-0.3, -0.25) is 4.79 Å². The number of pyridine rings is 1. The average molecular weight is 304 g/mol. The van der Waals surface area contributed by atoms with Crippen LogP contribution in [0.15, 0.2) is 72.9 Å². The van der Waals surface area contributed by atoms with Crippen LogP contribution >= 0.6 is 0 Å². The summed E-state index contributed by atoms with van der Waals surface area (Å²) in [4.78, 5) is 16.6. The molecule has 114 valence electrons. The minimum Gasteiger partial charge on any atom is -0.438 e. The molecule has 0 spiro atoms. The lowest BCUT2D eigenvalue weighted by molar-refractivity contribution is 0.102. The first-order valence-corrected chi connectivity index (χ1v) is 7.28. The molecule has 4 heteroatoms. The first-order chi connectivity index (χ1) is 11.2. The van der Waals surface area contributed by atoms with Gasteiger partial charge in [0.15, 0.2) is 0 Å². The SMILES string of the molecule is Cc1ccc(NC(=O)c2cccnc2Oc2ccccc2)cc1. The zero-order chi connectivity index (χ0) is 16.1. The van der Waals surface area contributed by atoms with Gasteiger partial charge in [-0.2, -0.15) is 0 Å². The fourth-order valence-corrected chi connectivity index (χ4v) is 2.08. The van der Waals surface area contributed by atoms with Gasteiger partial charge >= 0.3 is 0 Å². The van der Waals surface area contributed by atoms with Crippen LogP contribution in [-0.4, -0.2) is 10.9 Å². The molecular weight excluding hydrogens is 288 g/mol. The Kier molecular flexibility index (Phi) is 4.34. The van der Waals surface area contributed by atoms with E-state index in [4.69, 9.17) is 4.74 Å². The molecule has 1 N–H and O–H groups in total. The fraction of sp³-hybridized carbons (Fsp3) is 0.0526. The smallest absolute Gasteiger partial charge is 0.261 e. The van der Waals surface area contributed by atoms with Gasteiger partial charge in [0.25, 0.3) is 5.91 Å². The van der Waals surface area contributed by atoms with Gasteiger partial charge in [-0.1, -0.05) is 35.9 Å². The number of benzene rings is 2. The van der Waals surface area contributed by atoms with Crippen LogP contribution in [0.5, 0.6) is 11.6 Å². The van der Waals surface area contributed by atoms with E-state index in [0.29, 0.717) is 11.3 Å². The summed E-state index contributed by atoms with van der Waals surface area (Å²) in [6.07, 6.45) is 1.60. The summed E-state index contributed by atoms with van der Waals surface area (Å²) >= 11 is 0. The van der Waals surface area contributed by atoms with Gasteiger partial charge in [0.1, 0.15) is 11.3 Å². The van der Waals surface area contributed by atoms with Crippen LogP contribution in [0.4, 0.5) is 5.69 Å². The number of para-hydroxylation sites is 1. The number of aryl methyl sites for hydroxylation is 1. The third kappa shape index (κ3) is 3.74. The molecule has 0 bridgehead atoms. The van der Waals surface area contributed by atoms with E-state index in [1.807, 2.05) is 61.5 Å². The van der Waals surface area contributed by atoms with E-state index in [-0.39, 0.29) is 11.8 Å². The number of hydrogen-bond acceptors (Lipinski definition) is 3. The van der Waals surface area contributed by atoms with Crippen molar-refractivity contribution in [3.8, 4) is 11.6 Å². The topological polar surface area (TPSA) is 51.2 Å². The van der Waals surface area contributed by atoms with Gasteiger partial charge in [-0.05, 0) is 43.3 Å². The number of aromatic nitrogens is 1. The number of ether oxygens (including phenoxy) is 1. The minimum atomic E-state index is -0.257.